The number of fused-ring (bicyclic) bond motifs is 3. The van der Waals surface area contributed by atoms with Crippen LogP contribution < -0.4 is 0 Å². The molecule has 98 valence electrons. The summed E-state index contributed by atoms with van der Waals surface area (Å²) in [5, 5.41) is 10.8. The number of nitro groups is 1. The van der Waals surface area contributed by atoms with Crippen LogP contribution in [0.2, 0.25) is 0 Å². The van der Waals surface area contributed by atoms with E-state index in [0.29, 0.717) is 27.8 Å². The Kier molecular flexibility index (Phi) is 2.50. The highest BCUT2D eigenvalue weighted by molar-refractivity contribution is 6.22. The lowest BCUT2D eigenvalue weighted by atomic mass is 10.0. The quantitative estimate of drug-likeness (QED) is 0.406. The van der Waals surface area contributed by atoms with Crippen LogP contribution in [-0.4, -0.2) is 16.5 Å². The van der Waals surface area contributed by atoms with Crippen LogP contribution in [0.5, 0.6) is 0 Å². The van der Waals surface area contributed by atoms with Gasteiger partial charge in [-0.15, -0.1) is 0 Å². The van der Waals surface area contributed by atoms with Crippen molar-refractivity contribution in [3.63, 3.8) is 0 Å². The molecular formula is C15H9NO4. The van der Waals surface area contributed by atoms with Crippen molar-refractivity contribution in [2.24, 2.45) is 0 Å². The predicted octanol–water partition coefficient (Wildman–Crippen LogP) is 3.01. The fourth-order valence-electron chi connectivity index (χ4n) is 2.40. The molecule has 3 rings (SSSR count). The second kappa shape index (κ2) is 4.09. The molecular weight excluding hydrogens is 258 g/mol. The lowest BCUT2D eigenvalue weighted by Crippen LogP contribution is -1.99. The van der Waals surface area contributed by atoms with E-state index in [4.69, 9.17) is 0 Å². The summed E-state index contributed by atoms with van der Waals surface area (Å²) < 4.78 is 0. The average Bonchev–Trinajstić information content (AvgIpc) is 2.71. The molecule has 5 nitrogen and oxygen atoms in total. The predicted molar refractivity (Wildman–Crippen MR) is 72.0 cm³/mol. The molecule has 5 heteroatoms. The Morgan fingerprint density at radius 1 is 1.00 bits per heavy atom. The molecule has 0 N–H and O–H groups in total. The zero-order valence-corrected chi connectivity index (χ0v) is 10.5. The Balaban J connectivity index is 2.21. The first-order valence-corrected chi connectivity index (χ1v) is 5.97. The van der Waals surface area contributed by atoms with Crippen LogP contribution in [0.25, 0.3) is 11.1 Å². The maximum absolute atomic E-state index is 12.3. The van der Waals surface area contributed by atoms with Crippen molar-refractivity contribution in [3.05, 3.63) is 63.2 Å². The third-order valence-corrected chi connectivity index (χ3v) is 3.42. The fourth-order valence-corrected chi connectivity index (χ4v) is 2.40. The van der Waals surface area contributed by atoms with Gasteiger partial charge in [0, 0.05) is 28.8 Å². The molecule has 0 amide bonds. The van der Waals surface area contributed by atoms with Gasteiger partial charge in [-0.25, -0.2) is 0 Å². The summed E-state index contributed by atoms with van der Waals surface area (Å²) in [6.07, 6.45) is 0. The van der Waals surface area contributed by atoms with Crippen LogP contribution in [0.15, 0.2) is 36.4 Å². The molecule has 0 spiro atoms. The van der Waals surface area contributed by atoms with Crippen molar-refractivity contribution in [1.29, 1.82) is 0 Å². The van der Waals surface area contributed by atoms with Crippen molar-refractivity contribution in [2.45, 2.75) is 6.92 Å². The number of rotatable bonds is 2. The van der Waals surface area contributed by atoms with Gasteiger partial charge in [0.05, 0.1) is 4.92 Å². The Morgan fingerprint density at radius 2 is 1.60 bits per heavy atom. The number of hydrogen-bond donors (Lipinski definition) is 0. The fraction of sp³-hybridized carbons (Fsp3) is 0.0667. The number of hydrogen-bond acceptors (Lipinski definition) is 4. The minimum atomic E-state index is -0.530. The van der Waals surface area contributed by atoms with Crippen LogP contribution in [-0.2, 0) is 0 Å². The summed E-state index contributed by atoms with van der Waals surface area (Å²) in [7, 11) is 0. The van der Waals surface area contributed by atoms with E-state index < -0.39 is 4.92 Å². The molecule has 0 bridgehead atoms. The van der Waals surface area contributed by atoms with Crippen molar-refractivity contribution < 1.29 is 14.5 Å². The second-order valence-corrected chi connectivity index (χ2v) is 4.63. The number of carbonyl (C=O) groups excluding carboxylic acids is 2. The highest BCUT2D eigenvalue weighted by Crippen LogP contribution is 2.38. The summed E-state index contributed by atoms with van der Waals surface area (Å²) >= 11 is 0. The van der Waals surface area contributed by atoms with Gasteiger partial charge >= 0.3 is 0 Å². The molecule has 1 aliphatic carbocycles. The number of non-ortho nitro benzene ring substituents is 1. The van der Waals surface area contributed by atoms with E-state index in [1.54, 1.807) is 24.3 Å². The van der Waals surface area contributed by atoms with Crippen LogP contribution in [0.4, 0.5) is 5.69 Å². The molecule has 0 saturated heterocycles. The maximum Gasteiger partial charge on any atom is 0.270 e. The summed E-state index contributed by atoms with van der Waals surface area (Å²) in [5.41, 5.74) is 2.47. The minimum absolute atomic E-state index is 0.114. The molecule has 0 saturated carbocycles. The molecule has 1 aliphatic rings. The van der Waals surface area contributed by atoms with E-state index in [-0.39, 0.29) is 17.3 Å². The number of benzene rings is 2. The molecule has 0 radical (unpaired) electrons. The van der Waals surface area contributed by atoms with Crippen LogP contribution in [0.1, 0.15) is 33.2 Å². The minimum Gasteiger partial charge on any atom is -0.295 e. The first-order valence-electron chi connectivity index (χ1n) is 5.97. The van der Waals surface area contributed by atoms with E-state index in [1.807, 2.05) is 0 Å². The first kappa shape index (κ1) is 12.2. The Bertz CT molecular complexity index is 727. The third kappa shape index (κ3) is 1.64. The molecule has 2 aromatic rings. The molecule has 0 atom stereocenters. The Labute approximate surface area is 114 Å². The largest absolute Gasteiger partial charge is 0.295 e. The smallest absolute Gasteiger partial charge is 0.270 e. The Morgan fingerprint density at radius 3 is 2.20 bits per heavy atom. The maximum atomic E-state index is 12.3. The van der Waals surface area contributed by atoms with Crippen LogP contribution in [0, 0.1) is 10.1 Å². The van der Waals surface area contributed by atoms with Crippen LogP contribution in [0.3, 0.4) is 0 Å². The van der Waals surface area contributed by atoms with E-state index >= 15 is 0 Å². The third-order valence-electron chi connectivity index (χ3n) is 3.42. The van der Waals surface area contributed by atoms with E-state index in [9.17, 15) is 19.7 Å². The number of carbonyl (C=O) groups is 2. The van der Waals surface area contributed by atoms with Crippen molar-refractivity contribution in [1.82, 2.24) is 0 Å². The van der Waals surface area contributed by atoms with Gasteiger partial charge in [-0.3, -0.25) is 19.7 Å². The monoisotopic (exact) mass is 267 g/mol. The van der Waals surface area contributed by atoms with Gasteiger partial charge in [0.1, 0.15) is 0 Å². The van der Waals surface area contributed by atoms with Crippen molar-refractivity contribution >= 4 is 17.3 Å². The molecule has 2 aromatic carbocycles. The van der Waals surface area contributed by atoms with E-state index in [2.05, 4.69) is 0 Å². The number of ketones is 2. The topological polar surface area (TPSA) is 77.3 Å². The van der Waals surface area contributed by atoms with Crippen LogP contribution >= 0.6 is 0 Å². The van der Waals surface area contributed by atoms with Crippen molar-refractivity contribution in [3.8, 4) is 11.1 Å². The first-order chi connectivity index (χ1) is 9.49. The zero-order valence-electron chi connectivity index (χ0n) is 10.5. The lowest BCUT2D eigenvalue weighted by molar-refractivity contribution is -0.384. The summed E-state index contributed by atoms with van der Waals surface area (Å²) in [6.45, 7) is 1.43. The second-order valence-electron chi connectivity index (χ2n) is 4.63. The van der Waals surface area contributed by atoms with E-state index in [1.165, 1.54) is 19.1 Å². The highest BCUT2D eigenvalue weighted by atomic mass is 16.6. The highest BCUT2D eigenvalue weighted by Gasteiger charge is 2.28. The van der Waals surface area contributed by atoms with Crippen molar-refractivity contribution in [2.75, 3.05) is 0 Å². The number of nitrogens with zero attached hydrogens (tertiary/aromatic N) is 1. The number of nitro benzene ring substituents is 1. The zero-order chi connectivity index (χ0) is 14.4. The Hall–Kier alpha value is -2.82. The van der Waals surface area contributed by atoms with Gasteiger partial charge < -0.3 is 0 Å². The van der Waals surface area contributed by atoms with Gasteiger partial charge in [-0.1, -0.05) is 12.1 Å². The lowest BCUT2D eigenvalue weighted by Gasteiger charge is -2.01. The van der Waals surface area contributed by atoms with E-state index in [0.717, 1.165) is 0 Å². The summed E-state index contributed by atoms with van der Waals surface area (Å²) in [6, 6.07) is 9.15. The van der Waals surface area contributed by atoms with Gasteiger partial charge in [0.15, 0.2) is 11.6 Å². The summed E-state index contributed by atoms with van der Waals surface area (Å²) in [5.74, 6) is -0.399. The summed E-state index contributed by atoms with van der Waals surface area (Å²) in [4.78, 5) is 33.9. The number of Topliss-reactive ketones (excluding diaryl/α,β-unsaturated/α-hetero) is 1. The molecule has 20 heavy (non-hydrogen) atoms. The molecule has 0 unspecified atom stereocenters. The van der Waals surface area contributed by atoms with Gasteiger partial charge in [0.25, 0.3) is 5.69 Å². The standard InChI is InChI=1S/C15H9NO4/c1-8(17)9-2-4-11-12-5-3-10(16(19)20)7-14(12)15(18)13(11)6-9/h2-7H,1H3. The van der Waals surface area contributed by atoms with Gasteiger partial charge in [0.2, 0.25) is 0 Å². The van der Waals surface area contributed by atoms with Gasteiger partial charge in [-0.2, -0.15) is 0 Å². The average molecular weight is 267 g/mol. The molecule has 0 fully saturated rings. The molecule has 0 aromatic heterocycles. The molecule has 0 heterocycles. The molecule has 0 aliphatic heterocycles. The SMILES string of the molecule is CC(=O)c1ccc2c(c1)C(=O)c1cc([N+](=O)[O-])ccc1-2. The van der Waals surface area contributed by atoms with Gasteiger partial charge in [-0.05, 0) is 30.2 Å². The normalized spacial score (nSPS) is 11.9.